The van der Waals surface area contributed by atoms with Gasteiger partial charge in [0, 0.05) is 16.6 Å². The molecule has 28 heavy (non-hydrogen) atoms. The van der Waals surface area contributed by atoms with Gasteiger partial charge >= 0.3 is 0 Å². The van der Waals surface area contributed by atoms with Gasteiger partial charge in [-0.15, -0.1) is 0 Å². The molecule has 0 bridgehead atoms. The first kappa shape index (κ1) is 19.6. The molecule has 0 aliphatic carbocycles. The van der Waals surface area contributed by atoms with Crippen LogP contribution < -0.4 is 5.32 Å². The van der Waals surface area contributed by atoms with Crippen LogP contribution >= 0.6 is 11.8 Å². The lowest BCUT2D eigenvalue weighted by atomic mass is 10.0. The summed E-state index contributed by atoms with van der Waals surface area (Å²) < 4.78 is 0. The summed E-state index contributed by atoms with van der Waals surface area (Å²) in [5, 5.41) is 13.7. The van der Waals surface area contributed by atoms with Crippen LogP contribution in [0.2, 0.25) is 0 Å². The molecule has 0 aliphatic heterocycles. The van der Waals surface area contributed by atoms with E-state index in [0.717, 1.165) is 22.0 Å². The maximum absolute atomic E-state index is 12.3. The van der Waals surface area contributed by atoms with Crippen LogP contribution in [-0.2, 0) is 4.79 Å². The molecule has 0 saturated heterocycles. The van der Waals surface area contributed by atoms with Gasteiger partial charge in [-0.25, -0.2) is 4.98 Å². The Hall–Kier alpha value is -3.17. The summed E-state index contributed by atoms with van der Waals surface area (Å²) >= 11 is 1.23. The fourth-order valence-electron chi connectivity index (χ4n) is 2.80. The minimum atomic E-state index is -0.225. The topological polar surface area (TPSA) is 82.8 Å². The van der Waals surface area contributed by atoms with Crippen molar-refractivity contribution in [1.82, 2.24) is 4.98 Å². The Bertz CT molecular complexity index is 1130. The second kappa shape index (κ2) is 8.24. The number of aromatic nitrogens is 1. The van der Waals surface area contributed by atoms with Crippen LogP contribution in [0.4, 0.5) is 5.69 Å². The molecule has 5 nitrogen and oxygen atoms in total. The Labute approximate surface area is 167 Å². The molecule has 0 radical (unpaired) electrons. The van der Waals surface area contributed by atoms with Gasteiger partial charge in [0.05, 0.1) is 16.8 Å². The third kappa shape index (κ3) is 4.21. The van der Waals surface area contributed by atoms with Crippen molar-refractivity contribution in [2.45, 2.75) is 25.8 Å². The molecule has 3 rings (SSSR count). The molecule has 0 aliphatic rings. The highest BCUT2D eigenvalue weighted by Gasteiger charge is 2.12. The van der Waals surface area contributed by atoms with Gasteiger partial charge < -0.3 is 5.32 Å². The van der Waals surface area contributed by atoms with Gasteiger partial charge in [0.2, 0.25) is 5.91 Å². The Kier molecular flexibility index (Phi) is 5.76. The van der Waals surface area contributed by atoms with E-state index in [2.05, 4.69) is 16.4 Å². The number of hydrogen-bond donors (Lipinski definition) is 1. The molecular formula is C22H19N3O2S. The molecule has 0 unspecified atom stereocenters. The predicted molar refractivity (Wildman–Crippen MR) is 112 cm³/mol. The Morgan fingerprint density at radius 1 is 1.18 bits per heavy atom. The Morgan fingerprint density at radius 3 is 2.68 bits per heavy atom. The summed E-state index contributed by atoms with van der Waals surface area (Å²) in [5.41, 5.74) is 4.59. The van der Waals surface area contributed by atoms with E-state index in [9.17, 15) is 14.9 Å². The molecule has 6 heteroatoms. The van der Waals surface area contributed by atoms with Crippen molar-refractivity contribution in [3.8, 4) is 6.07 Å². The molecule has 3 aromatic rings. The molecule has 0 spiro atoms. The number of anilines is 1. The number of rotatable bonds is 5. The average molecular weight is 389 g/mol. The SMILES string of the molecule is CC(=O)c1cccc(NC(=O)CSc2nc3c(C)c(C)ccc3cc2C#N)c1. The maximum atomic E-state index is 12.3. The predicted octanol–water partition coefficient (Wildman–Crippen LogP) is 4.66. The number of thioether (sulfide) groups is 1. The van der Waals surface area contributed by atoms with E-state index < -0.39 is 0 Å². The van der Waals surface area contributed by atoms with E-state index in [-0.39, 0.29) is 17.4 Å². The first-order valence-corrected chi connectivity index (χ1v) is 9.72. The largest absolute Gasteiger partial charge is 0.325 e. The third-order valence-electron chi connectivity index (χ3n) is 4.49. The van der Waals surface area contributed by atoms with E-state index in [1.807, 2.05) is 32.0 Å². The number of pyridine rings is 1. The summed E-state index contributed by atoms with van der Waals surface area (Å²) in [6.07, 6.45) is 0. The number of carbonyl (C=O) groups is 2. The number of ketones is 1. The van der Waals surface area contributed by atoms with Gasteiger partial charge in [0.15, 0.2) is 5.78 Å². The van der Waals surface area contributed by atoms with Crippen LogP contribution in [0.5, 0.6) is 0 Å². The van der Waals surface area contributed by atoms with E-state index >= 15 is 0 Å². The number of hydrogen-bond acceptors (Lipinski definition) is 5. The maximum Gasteiger partial charge on any atom is 0.234 e. The van der Waals surface area contributed by atoms with Gasteiger partial charge in [-0.3, -0.25) is 9.59 Å². The lowest BCUT2D eigenvalue weighted by Crippen LogP contribution is -2.14. The third-order valence-corrected chi connectivity index (χ3v) is 5.48. The first-order chi connectivity index (χ1) is 13.4. The molecule has 1 N–H and O–H groups in total. The number of aryl methyl sites for hydroxylation is 2. The molecule has 1 amide bonds. The highest BCUT2D eigenvalue weighted by molar-refractivity contribution is 8.00. The summed E-state index contributed by atoms with van der Waals surface area (Å²) in [6.45, 7) is 5.50. The molecule has 1 heterocycles. The number of nitrogens with zero attached hydrogens (tertiary/aromatic N) is 2. The summed E-state index contributed by atoms with van der Waals surface area (Å²) in [6, 6.07) is 14.7. The zero-order chi connectivity index (χ0) is 20.3. The molecule has 2 aromatic carbocycles. The Balaban J connectivity index is 1.78. The highest BCUT2D eigenvalue weighted by atomic mass is 32.2. The molecular weight excluding hydrogens is 370 g/mol. The zero-order valence-electron chi connectivity index (χ0n) is 15.9. The molecule has 0 fully saturated rings. The smallest absolute Gasteiger partial charge is 0.234 e. The average Bonchev–Trinajstić information content (AvgIpc) is 2.69. The van der Waals surface area contributed by atoms with Gasteiger partial charge in [0.1, 0.15) is 11.1 Å². The molecule has 1 aromatic heterocycles. The highest BCUT2D eigenvalue weighted by Crippen LogP contribution is 2.27. The quantitative estimate of drug-likeness (QED) is 0.507. The van der Waals surface area contributed by atoms with Crippen molar-refractivity contribution in [2.24, 2.45) is 0 Å². The minimum absolute atomic E-state index is 0.0600. The zero-order valence-corrected chi connectivity index (χ0v) is 16.7. The second-order valence-corrected chi connectivity index (χ2v) is 7.47. The van der Waals surface area contributed by atoms with Crippen LogP contribution in [0.1, 0.15) is 34.0 Å². The van der Waals surface area contributed by atoms with Gasteiger partial charge in [0.25, 0.3) is 0 Å². The lowest BCUT2D eigenvalue weighted by molar-refractivity contribution is -0.113. The van der Waals surface area contributed by atoms with Gasteiger partial charge in [-0.1, -0.05) is 36.0 Å². The van der Waals surface area contributed by atoms with Crippen LogP contribution in [-0.4, -0.2) is 22.4 Å². The van der Waals surface area contributed by atoms with Crippen LogP contribution in [0, 0.1) is 25.2 Å². The lowest BCUT2D eigenvalue weighted by Gasteiger charge is -2.10. The fourth-order valence-corrected chi connectivity index (χ4v) is 3.56. The van der Waals surface area contributed by atoms with Gasteiger partial charge in [-0.2, -0.15) is 5.26 Å². The van der Waals surface area contributed by atoms with E-state index in [4.69, 9.17) is 0 Å². The van der Waals surface area contributed by atoms with Crippen molar-refractivity contribution in [1.29, 1.82) is 5.26 Å². The number of amides is 1. The first-order valence-electron chi connectivity index (χ1n) is 8.73. The van der Waals surface area contributed by atoms with Crippen LogP contribution in [0.25, 0.3) is 10.9 Å². The number of nitriles is 1. The van der Waals surface area contributed by atoms with Gasteiger partial charge in [-0.05, 0) is 50.1 Å². The summed E-state index contributed by atoms with van der Waals surface area (Å²) in [7, 11) is 0. The number of Topliss-reactive ketones (excluding diaryl/α,β-unsaturated/α-hetero) is 1. The number of carbonyl (C=O) groups excluding carboxylic acids is 2. The molecule has 0 atom stereocenters. The molecule has 0 saturated carbocycles. The normalized spacial score (nSPS) is 10.5. The van der Waals surface area contributed by atoms with Crippen molar-refractivity contribution < 1.29 is 9.59 Å². The van der Waals surface area contributed by atoms with E-state index in [0.29, 0.717) is 21.8 Å². The molecule has 140 valence electrons. The van der Waals surface area contributed by atoms with Crippen molar-refractivity contribution >= 4 is 40.0 Å². The number of benzene rings is 2. The minimum Gasteiger partial charge on any atom is -0.325 e. The second-order valence-electron chi connectivity index (χ2n) is 6.51. The van der Waals surface area contributed by atoms with Crippen LogP contribution in [0.15, 0.2) is 47.5 Å². The van der Waals surface area contributed by atoms with E-state index in [1.54, 1.807) is 24.3 Å². The van der Waals surface area contributed by atoms with Crippen LogP contribution in [0.3, 0.4) is 0 Å². The number of nitrogens with one attached hydrogen (secondary N) is 1. The van der Waals surface area contributed by atoms with Crippen molar-refractivity contribution in [2.75, 3.05) is 11.1 Å². The number of fused-ring (bicyclic) bond motifs is 1. The van der Waals surface area contributed by atoms with Crippen molar-refractivity contribution in [3.63, 3.8) is 0 Å². The summed E-state index contributed by atoms with van der Waals surface area (Å²) in [5.74, 6) is -0.171. The summed E-state index contributed by atoms with van der Waals surface area (Å²) in [4.78, 5) is 28.4. The fraction of sp³-hybridized carbons (Fsp3) is 0.182. The van der Waals surface area contributed by atoms with Crippen molar-refractivity contribution in [3.05, 3.63) is 64.7 Å². The standard InChI is InChI=1S/C22H19N3O2S/c1-13-7-8-17-9-18(11-23)22(25-21(17)14(13)2)28-12-20(27)24-19-6-4-5-16(10-19)15(3)26/h4-10H,12H2,1-3H3,(H,24,27). The monoisotopic (exact) mass is 389 g/mol. The van der Waals surface area contributed by atoms with E-state index in [1.165, 1.54) is 18.7 Å². The Morgan fingerprint density at radius 2 is 1.96 bits per heavy atom.